The second-order valence-corrected chi connectivity index (χ2v) is 5.30. The highest BCUT2D eigenvalue weighted by atomic mass is 32.2. The Morgan fingerprint density at radius 2 is 1.94 bits per heavy atom. The number of esters is 1. The summed E-state index contributed by atoms with van der Waals surface area (Å²) >= 11 is 0. The van der Waals surface area contributed by atoms with Gasteiger partial charge in [-0.1, -0.05) is 0 Å². The van der Waals surface area contributed by atoms with Gasteiger partial charge in [-0.25, -0.2) is 8.42 Å². The summed E-state index contributed by atoms with van der Waals surface area (Å²) in [4.78, 5) is 11.3. The van der Waals surface area contributed by atoms with Crippen LogP contribution in [0.1, 0.15) is 13.8 Å². The minimum atomic E-state index is -3.80. The number of phenolic OH excluding ortho intramolecular Hbond substituents is 1. The molecule has 1 rings (SSSR count). The number of aromatic hydroxyl groups is 1. The van der Waals surface area contributed by atoms with E-state index in [1.54, 1.807) is 6.92 Å². The number of hydrogen-bond acceptors (Lipinski definition) is 5. The molecule has 0 saturated carbocycles. The second kappa shape index (κ2) is 5.83. The van der Waals surface area contributed by atoms with E-state index in [1.807, 2.05) is 0 Å². The van der Waals surface area contributed by atoms with E-state index >= 15 is 0 Å². The summed E-state index contributed by atoms with van der Waals surface area (Å²) < 4.78 is 30.6. The summed E-state index contributed by atoms with van der Waals surface area (Å²) in [6.07, 6.45) is 0. The van der Waals surface area contributed by atoms with E-state index in [0.29, 0.717) is 0 Å². The van der Waals surface area contributed by atoms with Crippen LogP contribution < -0.4 is 4.72 Å². The zero-order valence-electron chi connectivity index (χ0n) is 10.1. The zero-order valence-corrected chi connectivity index (χ0v) is 10.9. The van der Waals surface area contributed by atoms with Gasteiger partial charge in [0.1, 0.15) is 11.8 Å². The molecule has 1 atom stereocenters. The van der Waals surface area contributed by atoms with Gasteiger partial charge in [-0.15, -0.1) is 0 Å². The maximum atomic E-state index is 11.9. The van der Waals surface area contributed by atoms with Crippen molar-refractivity contribution in [3.63, 3.8) is 0 Å². The Morgan fingerprint density at radius 3 is 2.44 bits per heavy atom. The van der Waals surface area contributed by atoms with Gasteiger partial charge in [0.15, 0.2) is 0 Å². The first-order valence-electron chi connectivity index (χ1n) is 5.35. The molecule has 1 aromatic rings. The van der Waals surface area contributed by atoms with Crippen molar-refractivity contribution in [2.45, 2.75) is 24.8 Å². The molecule has 0 spiro atoms. The lowest BCUT2D eigenvalue weighted by Gasteiger charge is -2.13. The van der Waals surface area contributed by atoms with Gasteiger partial charge >= 0.3 is 5.97 Å². The largest absolute Gasteiger partial charge is 0.508 e. The lowest BCUT2D eigenvalue weighted by Crippen LogP contribution is -2.39. The Kier molecular flexibility index (Phi) is 4.69. The Balaban J connectivity index is 2.82. The van der Waals surface area contributed by atoms with E-state index in [9.17, 15) is 13.2 Å². The third-order valence-electron chi connectivity index (χ3n) is 2.12. The molecule has 0 fully saturated rings. The van der Waals surface area contributed by atoms with Crippen molar-refractivity contribution < 1.29 is 23.1 Å². The van der Waals surface area contributed by atoms with Crippen molar-refractivity contribution in [2.75, 3.05) is 6.61 Å². The molecule has 0 saturated heterocycles. The molecule has 0 aliphatic rings. The molecule has 1 unspecified atom stereocenters. The van der Waals surface area contributed by atoms with Crippen LogP contribution in [0.2, 0.25) is 0 Å². The first-order chi connectivity index (χ1) is 8.36. The topological polar surface area (TPSA) is 92.7 Å². The molecule has 0 radical (unpaired) electrons. The van der Waals surface area contributed by atoms with Gasteiger partial charge in [0.2, 0.25) is 10.0 Å². The lowest BCUT2D eigenvalue weighted by atomic mass is 10.3. The van der Waals surface area contributed by atoms with Gasteiger partial charge < -0.3 is 9.84 Å². The van der Waals surface area contributed by atoms with Crippen molar-refractivity contribution in [2.24, 2.45) is 0 Å². The summed E-state index contributed by atoms with van der Waals surface area (Å²) in [6.45, 7) is 3.22. The van der Waals surface area contributed by atoms with Crippen LogP contribution in [0.15, 0.2) is 29.2 Å². The zero-order chi connectivity index (χ0) is 13.8. The number of nitrogens with one attached hydrogen (secondary N) is 1. The number of carbonyl (C=O) groups excluding carboxylic acids is 1. The summed E-state index contributed by atoms with van der Waals surface area (Å²) in [5, 5.41) is 9.07. The maximum Gasteiger partial charge on any atom is 0.323 e. The monoisotopic (exact) mass is 273 g/mol. The van der Waals surface area contributed by atoms with Crippen molar-refractivity contribution >= 4 is 16.0 Å². The quantitative estimate of drug-likeness (QED) is 0.767. The minimum Gasteiger partial charge on any atom is -0.508 e. The molecular weight excluding hydrogens is 258 g/mol. The molecule has 0 heterocycles. The van der Waals surface area contributed by atoms with Crippen molar-refractivity contribution in [3.8, 4) is 5.75 Å². The lowest BCUT2D eigenvalue weighted by molar-refractivity contribution is -0.144. The highest BCUT2D eigenvalue weighted by molar-refractivity contribution is 7.89. The van der Waals surface area contributed by atoms with Gasteiger partial charge in [0, 0.05) is 0 Å². The van der Waals surface area contributed by atoms with Crippen LogP contribution in [0.4, 0.5) is 0 Å². The van der Waals surface area contributed by atoms with E-state index < -0.39 is 22.0 Å². The Morgan fingerprint density at radius 1 is 1.39 bits per heavy atom. The number of benzene rings is 1. The van der Waals surface area contributed by atoms with E-state index in [4.69, 9.17) is 9.84 Å². The first-order valence-corrected chi connectivity index (χ1v) is 6.83. The third-order valence-corrected chi connectivity index (χ3v) is 3.68. The van der Waals surface area contributed by atoms with E-state index in [1.165, 1.54) is 31.2 Å². The number of carbonyl (C=O) groups is 1. The van der Waals surface area contributed by atoms with Crippen LogP contribution in [0, 0.1) is 0 Å². The summed E-state index contributed by atoms with van der Waals surface area (Å²) in [7, 11) is -3.80. The predicted molar refractivity (Wildman–Crippen MR) is 64.5 cm³/mol. The summed E-state index contributed by atoms with van der Waals surface area (Å²) in [5.41, 5.74) is 0. The maximum absolute atomic E-state index is 11.9. The fraction of sp³-hybridized carbons (Fsp3) is 0.364. The molecular formula is C11H15NO5S. The van der Waals surface area contributed by atoms with E-state index in [-0.39, 0.29) is 17.3 Å². The standard InChI is InChI=1S/C11H15NO5S/c1-3-17-11(14)8(2)12-18(15,16)10-6-4-9(13)5-7-10/h4-8,12-13H,3H2,1-2H3. The minimum absolute atomic E-state index is 0.0311. The van der Waals surface area contributed by atoms with Gasteiger partial charge in [0.05, 0.1) is 11.5 Å². The normalized spacial score (nSPS) is 13.0. The molecule has 0 aromatic heterocycles. The molecule has 7 heteroatoms. The fourth-order valence-electron chi connectivity index (χ4n) is 1.24. The van der Waals surface area contributed by atoms with E-state index in [0.717, 1.165) is 0 Å². The van der Waals surface area contributed by atoms with Crippen LogP contribution in [0.25, 0.3) is 0 Å². The molecule has 0 amide bonds. The average molecular weight is 273 g/mol. The van der Waals surface area contributed by atoms with Crippen LogP contribution in [0.3, 0.4) is 0 Å². The number of ether oxygens (including phenoxy) is 1. The molecule has 2 N–H and O–H groups in total. The van der Waals surface area contributed by atoms with Crippen LogP contribution in [0.5, 0.6) is 5.75 Å². The Bertz CT molecular complexity index is 509. The molecule has 1 aromatic carbocycles. The average Bonchev–Trinajstić information content (AvgIpc) is 2.29. The first kappa shape index (κ1) is 14.5. The molecule has 100 valence electrons. The molecule has 18 heavy (non-hydrogen) atoms. The van der Waals surface area contributed by atoms with Gasteiger partial charge in [0.25, 0.3) is 0 Å². The Labute approximate surface area is 106 Å². The van der Waals surface area contributed by atoms with Gasteiger partial charge in [-0.2, -0.15) is 4.72 Å². The summed E-state index contributed by atoms with van der Waals surface area (Å²) in [5.74, 6) is -0.674. The summed E-state index contributed by atoms with van der Waals surface area (Å²) in [6, 6.07) is 4.03. The molecule has 6 nitrogen and oxygen atoms in total. The number of rotatable bonds is 5. The number of hydrogen-bond donors (Lipinski definition) is 2. The number of sulfonamides is 1. The highest BCUT2D eigenvalue weighted by Crippen LogP contribution is 2.14. The molecule has 0 bridgehead atoms. The smallest absolute Gasteiger partial charge is 0.323 e. The van der Waals surface area contributed by atoms with E-state index in [2.05, 4.69) is 4.72 Å². The third kappa shape index (κ3) is 3.71. The van der Waals surface area contributed by atoms with Gasteiger partial charge in [-0.05, 0) is 38.1 Å². The second-order valence-electron chi connectivity index (χ2n) is 3.59. The Hall–Kier alpha value is -1.60. The molecule has 0 aliphatic carbocycles. The number of phenols is 1. The SMILES string of the molecule is CCOC(=O)C(C)NS(=O)(=O)c1ccc(O)cc1. The van der Waals surface area contributed by atoms with Crippen molar-refractivity contribution in [3.05, 3.63) is 24.3 Å². The van der Waals surface area contributed by atoms with Crippen LogP contribution >= 0.6 is 0 Å². The van der Waals surface area contributed by atoms with Gasteiger partial charge in [-0.3, -0.25) is 4.79 Å². The fourth-order valence-corrected chi connectivity index (χ4v) is 2.43. The van der Waals surface area contributed by atoms with Crippen molar-refractivity contribution in [1.82, 2.24) is 4.72 Å². The molecule has 0 aliphatic heterocycles. The van der Waals surface area contributed by atoms with Crippen LogP contribution in [-0.4, -0.2) is 32.1 Å². The van der Waals surface area contributed by atoms with Crippen molar-refractivity contribution in [1.29, 1.82) is 0 Å². The van der Waals surface area contributed by atoms with Crippen LogP contribution in [-0.2, 0) is 19.6 Å². The highest BCUT2D eigenvalue weighted by Gasteiger charge is 2.22. The predicted octanol–water partition coefficient (Wildman–Crippen LogP) is 0.622.